The van der Waals surface area contributed by atoms with Crippen LogP contribution in [0, 0.1) is 0 Å². The number of rotatable bonds is 6. The highest BCUT2D eigenvalue weighted by molar-refractivity contribution is 5.75. The third kappa shape index (κ3) is 4.92. The lowest BCUT2D eigenvalue weighted by atomic mass is 10.1. The van der Waals surface area contributed by atoms with E-state index in [9.17, 15) is 4.79 Å². The van der Waals surface area contributed by atoms with E-state index in [0.717, 1.165) is 38.4 Å². The summed E-state index contributed by atoms with van der Waals surface area (Å²) in [7, 11) is 0. The van der Waals surface area contributed by atoms with Crippen molar-refractivity contribution in [3.8, 4) is 0 Å². The third-order valence-electron chi connectivity index (χ3n) is 3.36. The van der Waals surface area contributed by atoms with Crippen LogP contribution in [0.3, 0.4) is 0 Å². The molecule has 110 valence electrons. The lowest BCUT2D eigenvalue weighted by molar-refractivity contribution is -0.145. The van der Waals surface area contributed by atoms with Gasteiger partial charge in [-0.1, -0.05) is 30.3 Å². The molecule has 1 aliphatic heterocycles. The predicted octanol–water partition coefficient (Wildman–Crippen LogP) is 0.432. The van der Waals surface area contributed by atoms with Crippen LogP contribution in [0.15, 0.2) is 30.3 Å². The lowest BCUT2D eigenvalue weighted by Crippen LogP contribution is -2.40. The molecule has 1 unspecified atom stereocenters. The van der Waals surface area contributed by atoms with Gasteiger partial charge in [0.15, 0.2) is 0 Å². The van der Waals surface area contributed by atoms with Crippen LogP contribution >= 0.6 is 0 Å². The van der Waals surface area contributed by atoms with E-state index in [0.29, 0.717) is 13.0 Å². The van der Waals surface area contributed by atoms with E-state index >= 15 is 0 Å². The SMILES string of the molecule is NC(Cc1ccccc1)C(=O)OCCN1CCOCC1. The number of ether oxygens (including phenoxy) is 2. The molecule has 1 fully saturated rings. The summed E-state index contributed by atoms with van der Waals surface area (Å²) in [6.07, 6.45) is 0.511. The zero-order valence-electron chi connectivity index (χ0n) is 11.7. The largest absolute Gasteiger partial charge is 0.463 e. The van der Waals surface area contributed by atoms with Gasteiger partial charge in [-0.15, -0.1) is 0 Å². The second-order valence-corrected chi connectivity index (χ2v) is 4.92. The van der Waals surface area contributed by atoms with Gasteiger partial charge in [-0.2, -0.15) is 0 Å². The number of hydrogen-bond acceptors (Lipinski definition) is 5. The zero-order valence-corrected chi connectivity index (χ0v) is 11.7. The van der Waals surface area contributed by atoms with E-state index in [1.807, 2.05) is 30.3 Å². The first-order chi connectivity index (χ1) is 9.75. The average molecular weight is 278 g/mol. The van der Waals surface area contributed by atoms with Gasteiger partial charge in [0.1, 0.15) is 12.6 Å². The lowest BCUT2D eigenvalue weighted by Gasteiger charge is -2.26. The van der Waals surface area contributed by atoms with Gasteiger partial charge in [0.2, 0.25) is 0 Å². The van der Waals surface area contributed by atoms with E-state index in [1.54, 1.807) is 0 Å². The maximum Gasteiger partial charge on any atom is 0.323 e. The number of benzene rings is 1. The molecule has 2 N–H and O–H groups in total. The molecule has 1 heterocycles. The van der Waals surface area contributed by atoms with Crippen LogP contribution in [0.5, 0.6) is 0 Å². The van der Waals surface area contributed by atoms with Crippen molar-refractivity contribution in [3.63, 3.8) is 0 Å². The molecular weight excluding hydrogens is 256 g/mol. The molecule has 0 saturated carbocycles. The molecule has 1 saturated heterocycles. The van der Waals surface area contributed by atoms with Gasteiger partial charge in [0.05, 0.1) is 13.2 Å². The molecule has 2 rings (SSSR count). The maximum atomic E-state index is 11.8. The van der Waals surface area contributed by atoms with Gasteiger partial charge in [-0.25, -0.2) is 0 Å². The molecule has 1 aromatic carbocycles. The number of morpholine rings is 1. The topological polar surface area (TPSA) is 64.8 Å². The van der Waals surface area contributed by atoms with E-state index < -0.39 is 6.04 Å². The van der Waals surface area contributed by atoms with Crippen LogP contribution in [0.2, 0.25) is 0 Å². The molecule has 0 aromatic heterocycles. The molecule has 1 aromatic rings. The first-order valence-corrected chi connectivity index (χ1v) is 7.02. The minimum atomic E-state index is -0.595. The number of esters is 1. The molecule has 20 heavy (non-hydrogen) atoms. The average Bonchev–Trinajstić information content (AvgIpc) is 2.49. The van der Waals surface area contributed by atoms with Crippen LogP contribution in [-0.4, -0.2) is 56.4 Å². The third-order valence-corrected chi connectivity index (χ3v) is 3.36. The Morgan fingerprint density at radius 1 is 1.30 bits per heavy atom. The number of nitrogens with zero attached hydrogens (tertiary/aromatic N) is 1. The highest BCUT2D eigenvalue weighted by Gasteiger charge is 2.16. The Morgan fingerprint density at radius 3 is 2.70 bits per heavy atom. The van der Waals surface area contributed by atoms with Crippen molar-refractivity contribution in [2.45, 2.75) is 12.5 Å². The van der Waals surface area contributed by atoms with Crippen molar-refractivity contribution in [2.24, 2.45) is 5.73 Å². The summed E-state index contributed by atoms with van der Waals surface area (Å²) < 4.78 is 10.5. The molecule has 1 aliphatic rings. The van der Waals surface area contributed by atoms with Gasteiger partial charge in [-0.05, 0) is 12.0 Å². The van der Waals surface area contributed by atoms with Crippen LogP contribution in [0.4, 0.5) is 0 Å². The summed E-state index contributed by atoms with van der Waals surface area (Å²) in [5.41, 5.74) is 6.91. The quantitative estimate of drug-likeness (QED) is 0.765. The van der Waals surface area contributed by atoms with E-state index in [1.165, 1.54) is 0 Å². The summed E-state index contributed by atoms with van der Waals surface area (Å²) in [5, 5.41) is 0. The van der Waals surface area contributed by atoms with Gasteiger partial charge in [0.25, 0.3) is 0 Å². The van der Waals surface area contributed by atoms with Gasteiger partial charge in [-0.3, -0.25) is 9.69 Å². The Bertz CT molecular complexity index is 405. The highest BCUT2D eigenvalue weighted by atomic mass is 16.5. The molecule has 0 amide bonds. The second-order valence-electron chi connectivity index (χ2n) is 4.92. The second kappa shape index (κ2) is 7.99. The summed E-state index contributed by atoms with van der Waals surface area (Å²) >= 11 is 0. The Labute approximate surface area is 119 Å². The normalized spacial score (nSPS) is 17.6. The predicted molar refractivity (Wildman–Crippen MR) is 76.3 cm³/mol. The van der Waals surface area contributed by atoms with E-state index in [4.69, 9.17) is 15.2 Å². The molecule has 0 radical (unpaired) electrons. The zero-order chi connectivity index (χ0) is 14.2. The first-order valence-electron chi connectivity index (χ1n) is 7.02. The van der Waals surface area contributed by atoms with Crippen molar-refractivity contribution in [3.05, 3.63) is 35.9 Å². The number of carbonyl (C=O) groups is 1. The fourth-order valence-corrected chi connectivity index (χ4v) is 2.16. The summed E-state index contributed by atoms with van der Waals surface area (Å²) in [4.78, 5) is 14.0. The highest BCUT2D eigenvalue weighted by Crippen LogP contribution is 2.03. The van der Waals surface area contributed by atoms with Crippen molar-refractivity contribution in [1.29, 1.82) is 0 Å². The molecule has 5 nitrogen and oxygen atoms in total. The summed E-state index contributed by atoms with van der Waals surface area (Å²) in [6.45, 7) is 4.43. The molecule has 0 aliphatic carbocycles. The van der Waals surface area contributed by atoms with Crippen molar-refractivity contribution < 1.29 is 14.3 Å². The van der Waals surface area contributed by atoms with E-state index in [2.05, 4.69) is 4.90 Å². The van der Waals surface area contributed by atoms with Crippen molar-refractivity contribution >= 4 is 5.97 Å². The molecule has 0 bridgehead atoms. The number of hydrogen-bond donors (Lipinski definition) is 1. The van der Waals surface area contributed by atoms with Crippen LogP contribution in [0.1, 0.15) is 5.56 Å². The smallest absolute Gasteiger partial charge is 0.323 e. The van der Waals surface area contributed by atoms with Gasteiger partial charge < -0.3 is 15.2 Å². The molecular formula is C15H22N2O3. The van der Waals surface area contributed by atoms with Crippen molar-refractivity contribution in [2.75, 3.05) is 39.5 Å². The fourth-order valence-electron chi connectivity index (χ4n) is 2.16. The minimum Gasteiger partial charge on any atom is -0.463 e. The monoisotopic (exact) mass is 278 g/mol. The van der Waals surface area contributed by atoms with Crippen LogP contribution in [-0.2, 0) is 20.7 Å². The van der Waals surface area contributed by atoms with Gasteiger partial charge in [0, 0.05) is 19.6 Å². The number of nitrogens with two attached hydrogens (primary N) is 1. The minimum absolute atomic E-state index is 0.331. The van der Waals surface area contributed by atoms with Crippen molar-refractivity contribution in [1.82, 2.24) is 4.90 Å². The Hall–Kier alpha value is -1.43. The van der Waals surface area contributed by atoms with Crippen LogP contribution < -0.4 is 5.73 Å². The summed E-state index contributed by atoms with van der Waals surface area (Å²) in [5.74, 6) is -0.331. The summed E-state index contributed by atoms with van der Waals surface area (Å²) in [6, 6.07) is 9.14. The van der Waals surface area contributed by atoms with Crippen LogP contribution in [0.25, 0.3) is 0 Å². The maximum absolute atomic E-state index is 11.8. The van der Waals surface area contributed by atoms with Gasteiger partial charge >= 0.3 is 5.97 Å². The Balaban J connectivity index is 1.66. The molecule has 1 atom stereocenters. The molecule has 0 spiro atoms. The standard InChI is InChI=1S/C15H22N2O3/c16-14(12-13-4-2-1-3-5-13)15(18)20-11-8-17-6-9-19-10-7-17/h1-5,14H,6-12,16H2. The Kier molecular flexibility index (Phi) is 5.98. The molecule has 5 heteroatoms. The fraction of sp³-hybridized carbons (Fsp3) is 0.533. The number of carbonyl (C=O) groups excluding carboxylic acids is 1. The Morgan fingerprint density at radius 2 is 2.00 bits per heavy atom. The van der Waals surface area contributed by atoms with E-state index in [-0.39, 0.29) is 5.97 Å². The first kappa shape index (κ1) is 15.0.